The quantitative estimate of drug-likeness (QED) is 0.528. The van der Waals surface area contributed by atoms with Gasteiger partial charge in [-0.3, -0.25) is 4.79 Å². The molecule has 0 spiro atoms. The summed E-state index contributed by atoms with van der Waals surface area (Å²) in [5.74, 6) is -1.01. The summed E-state index contributed by atoms with van der Waals surface area (Å²) in [7, 11) is 0. The molecule has 0 aliphatic heterocycles. The van der Waals surface area contributed by atoms with Crippen molar-refractivity contribution in [1.29, 1.82) is 0 Å². The Balaban J connectivity index is 3.98. The van der Waals surface area contributed by atoms with Crippen molar-refractivity contribution in [2.75, 3.05) is 6.54 Å². The molecule has 11 heavy (non-hydrogen) atoms. The molecule has 0 saturated heterocycles. The van der Waals surface area contributed by atoms with Crippen molar-refractivity contribution in [3.63, 3.8) is 0 Å². The van der Waals surface area contributed by atoms with Crippen LogP contribution in [0.3, 0.4) is 0 Å². The van der Waals surface area contributed by atoms with Crippen molar-refractivity contribution >= 4 is 5.97 Å². The Bertz CT molecular complexity index is 138. The topological polar surface area (TPSA) is 83.5 Å². The van der Waals surface area contributed by atoms with E-state index in [1.165, 1.54) is 0 Å². The third-order valence-corrected chi connectivity index (χ3v) is 1.58. The van der Waals surface area contributed by atoms with Crippen LogP contribution in [0.2, 0.25) is 0 Å². The molecule has 0 saturated carbocycles. The molecule has 0 aliphatic carbocycles. The van der Waals surface area contributed by atoms with Gasteiger partial charge in [0.25, 0.3) is 0 Å². The fourth-order valence-corrected chi connectivity index (χ4v) is 1.01. The monoisotopic (exact) mass is 161 g/mol. The van der Waals surface area contributed by atoms with Gasteiger partial charge >= 0.3 is 5.97 Å². The van der Waals surface area contributed by atoms with Gasteiger partial charge in [-0.2, -0.15) is 0 Å². The number of nitrogens with two attached hydrogens (primary N) is 1. The van der Waals surface area contributed by atoms with E-state index in [0.717, 1.165) is 6.42 Å². The van der Waals surface area contributed by atoms with E-state index >= 15 is 0 Å². The predicted molar refractivity (Wildman–Crippen MR) is 41.2 cm³/mol. The normalized spacial score (nSPS) is 15.9. The van der Waals surface area contributed by atoms with E-state index in [2.05, 4.69) is 0 Å². The van der Waals surface area contributed by atoms with Gasteiger partial charge in [-0.15, -0.1) is 0 Å². The van der Waals surface area contributed by atoms with Gasteiger partial charge in [-0.25, -0.2) is 0 Å². The number of rotatable bonds is 5. The smallest absolute Gasteiger partial charge is 0.306 e. The van der Waals surface area contributed by atoms with Crippen LogP contribution >= 0.6 is 0 Å². The fourth-order valence-electron chi connectivity index (χ4n) is 1.01. The second kappa shape index (κ2) is 4.31. The van der Waals surface area contributed by atoms with Gasteiger partial charge in [0.15, 0.2) is 0 Å². The molecule has 4 N–H and O–H groups in total. The number of aliphatic carboxylic acids is 1. The van der Waals surface area contributed by atoms with Crippen LogP contribution < -0.4 is 5.73 Å². The van der Waals surface area contributed by atoms with E-state index in [-0.39, 0.29) is 13.0 Å². The fraction of sp³-hybridized carbons (Fsp3) is 0.857. The maximum absolute atomic E-state index is 10.2. The van der Waals surface area contributed by atoms with Crippen LogP contribution in [0.15, 0.2) is 0 Å². The molecule has 4 nitrogen and oxygen atoms in total. The van der Waals surface area contributed by atoms with Gasteiger partial charge in [0.05, 0.1) is 12.0 Å². The van der Waals surface area contributed by atoms with E-state index in [9.17, 15) is 9.90 Å². The zero-order valence-electron chi connectivity index (χ0n) is 6.71. The van der Waals surface area contributed by atoms with Gasteiger partial charge in [0.2, 0.25) is 0 Å². The lowest BCUT2D eigenvalue weighted by molar-refractivity contribution is -0.142. The first-order chi connectivity index (χ1) is 5.04. The maximum atomic E-state index is 10.2. The number of hydrogen-bond acceptors (Lipinski definition) is 3. The van der Waals surface area contributed by atoms with Gasteiger partial charge in [-0.1, -0.05) is 13.3 Å². The minimum Gasteiger partial charge on any atom is -0.481 e. The minimum absolute atomic E-state index is 0.00708. The zero-order chi connectivity index (χ0) is 8.91. The molecule has 0 aliphatic rings. The molecular weight excluding hydrogens is 146 g/mol. The molecule has 0 aromatic rings. The molecule has 0 bridgehead atoms. The highest BCUT2D eigenvalue weighted by Crippen LogP contribution is 2.15. The third kappa shape index (κ3) is 3.95. The highest BCUT2D eigenvalue weighted by molar-refractivity contribution is 5.68. The van der Waals surface area contributed by atoms with Crippen LogP contribution in [0, 0.1) is 0 Å². The first-order valence-electron chi connectivity index (χ1n) is 3.68. The summed E-state index contributed by atoms with van der Waals surface area (Å²) in [4.78, 5) is 10.2. The van der Waals surface area contributed by atoms with Crippen molar-refractivity contribution in [3.05, 3.63) is 0 Å². The second-order valence-electron chi connectivity index (χ2n) is 2.75. The maximum Gasteiger partial charge on any atom is 0.306 e. The number of aliphatic hydroxyl groups is 1. The standard InChI is InChI=1S/C7H15NO3/c1-2-3-7(11,5-8)4-6(9)10/h11H,2-5,8H2,1H3,(H,9,10). The summed E-state index contributed by atoms with van der Waals surface area (Å²) < 4.78 is 0. The van der Waals surface area contributed by atoms with E-state index in [4.69, 9.17) is 10.8 Å². The summed E-state index contributed by atoms with van der Waals surface area (Å²) >= 11 is 0. The van der Waals surface area contributed by atoms with Crippen molar-refractivity contribution in [2.45, 2.75) is 31.8 Å². The first kappa shape index (κ1) is 10.4. The molecule has 1 atom stereocenters. The number of carbonyl (C=O) groups is 1. The molecule has 4 heteroatoms. The van der Waals surface area contributed by atoms with Crippen molar-refractivity contribution in [3.8, 4) is 0 Å². The molecule has 0 fully saturated rings. The lowest BCUT2D eigenvalue weighted by Gasteiger charge is -2.23. The summed E-state index contributed by atoms with van der Waals surface area (Å²) in [5, 5.41) is 17.9. The largest absolute Gasteiger partial charge is 0.481 e. The Morgan fingerprint density at radius 1 is 1.64 bits per heavy atom. The van der Waals surface area contributed by atoms with Gasteiger partial charge in [-0.05, 0) is 6.42 Å². The number of carboxylic acid groups (broad SMARTS) is 1. The van der Waals surface area contributed by atoms with E-state index in [1.54, 1.807) is 0 Å². The van der Waals surface area contributed by atoms with Crippen molar-refractivity contribution in [2.24, 2.45) is 5.73 Å². The molecule has 0 amide bonds. The lowest BCUT2D eigenvalue weighted by Crippen LogP contribution is -2.39. The molecule has 0 aromatic heterocycles. The Hall–Kier alpha value is -0.610. The SMILES string of the molecule is CCCC(O)(CN)CC(=O)O. The van der Waals surface area contributed by atoms with E-state index in [1.807, 2.05) is 6.92 Å². The number of carboxylic acids is 1. The van der Waals surface area contributed by atoms with Gasteiger partial charge in [0.1, 0.15) is 0 Å². The minimum atomic E-state index is -1.21. The molecule has 0 radical (unpaired) electrons. The molecule has 66 valence electrons. The molecule has 1 unspecified atom stereocenters. The van der Waals surface area contributed by atoms with Gasteiger partial charge in [0, 0.05) is 6.54 Å². The van der Waals surface area contributed by atoms with Crippen molar-refractivity contribution in [1.82, 2.24) is 0 Å². The molecular formula is C7H15NO3. The Morgan fingerprint density at radius 3 is 2.45 bits per heavy atom. The molecule has 0 rings (SSSR count). The Labute approximate surface area is 66.0 Å². The van der Waals surface area contributed by atoms with E-state index < -0.39 is 11.6 Å². The average molecular weight is 161 g/mol. The van der Waals surface area contributed by atoms with Crippen LogP contribution in [-0.4, -0.2) is 28.3 Å². The van der Waals surface area contributed by atoms with Crippen LogP contribution in [-0.2, 0) is 4.79 Å². The number of hydrogen-bond donors (Lipinski definition) is 3. The van der Waals surface area contributed by atoms with Gasteiger partial charge < -0.3 is 15.9 Å². The van der Waals surface area contributed by atoms with Crippen LogP contribution in [0.25, 0.3) is 0 Å². The third-order valence-electron chi connectivity index (χ3n) is 1.58. The van der Waals surface area contributed by atoms with Crippen LogP contribution in [0.4, 0.5) is 0 Å². The zero-order valence-corrected chi connectivity index (χ0v) is 6.71. The Kier molecular flexibility index (Phi) is 4.07. The molecule has 0 heterocycles. The Morgan fingerprint density at radius 2 is 2.18 bits per heavy atom. The van der Waals surface area contributed by atoms with Crippen molar-refractivity contribution < 1.29 is 15.0 Å². The van der Waals surface area contributed by atoms with E-state index in [0.29, 0.717) is 6.42 Å². The molecule has 0 aromatic carbocycles. The van der Waals surface area contributed by atoms with Crippen LogP contribution in [0.1, 0.15) is 26.2 Å². The summed E-state index contributed by atoms with van der Waals surface area (Å²) in [6.07, 6.45) is 0.911. The highest BCUT2D eigenvalue weighted by atomic mass is 16.4. The average Bonchev–Trinajstić information content (AvgIpc) is 1.87. The lowest BCUT2D eigenvalue weighted by atomic mass is 9.94. The highest BCUT2D eigenvalue weighted by Gasteiger charge is 2.26. The summed E-state index contributed by atoms with van der Waals surface area (Å²) in [6, 6.07) is 0. The van der Waals surface area contributed by atoms with Crippen LogP contribution in [0.5, 0.6) is 0 Å². The summed E-state index contributed by atoms with van der Waals surface area (Å²) in [6.45, 7) is 1.88. The summed E-state index contributed by atoms with van der Waals surface area (Å²) in [5.41, 5.74) is 4.02. The predicted octanol–water partition coefficient (Wildman–Crippen LogP) is -0.0490. The second-order valence-corrected chi connectivity index (χ2v) is 2.75. The first-order valence-corrected chi connectivity index (χ1v) is 3.68.